The van der Waals surface area contributed by atoms with Crippen molar-refractivity contribution in [3.05, 3.63) is 0 Å². The highest BCUT2D eigenvalue weighted by Gasteiger charge is 2.10. The van der Waals surface area contributed by atoms with Crippen molar-refractivity contribution in [1.29, 1.82) is 0 Å². The highest BCUT2D eigenvalue weighted by Crippen LogP contribution is 1.86. The number of carbonyl (C=O) groups is 2. The summed E-state index contributed by atoms with van der Waals surface area (Å²) >= 11 is 3.82. The second kappa shape index (κ2) is 7.64. The van der Waals surface area contributed by atoms with Crippen LogP contribution in [0.4, 0.5) is 0 Å². The molecule has 0 rings (SSSR count). The average molecular weight is 220 g/mol. The topological polar surface area (TPSA) is 58.6 Å². The number of amides is 2. The molecule has 0 bridgehead atoms. The fraction of sp³-hybridized carbons (Fsp3) is 0.750. The Hall–Kier alpha value is -0.750. The minimum Gasteiger partial charge on any atom is -0.383 e. The normalized spacial score (nSPS) is 9.64. The van der Waals surface area contributed by atoms with Gasteiger partial charge in [0.15, 0.2) is 0 Å². The average Bonchev–Trinajstić information content (AvgIpc) is 2.16. The van der Waals surface area contributed by atoms with Crippen LogP contribution in [0.5, 0.6) is 0 Å². The van der Waals surface area contributed by atoms with E-state index in [1.165, 1.54) is 4.90 Å². The molecule has 6 heteroatoms. The Kier molecular flexibility index (Phi) is 7.23. The summed E-state index contributed by atoms with van der Waals surface area (Å²) in [4.78, 5) is 23.5. The largest absolute Gasteiger partial charge is 0.383 e. The molecule has 0 aromatic heterocycles. The highest BCUT2D eigenvalue weighted by atomic mass is 32.1. The van der Waals surface area contributed by atoms with Crippen molar-refractivity contribution in [2.24, 2.45) is 0 Å². The molecule has 82 valence electrons. The van der Waals surface area contributed by atoms with Crippen LogP contribution < -0.4 is 5.32 Å². The fourth-order valence-electron chi connectivity index (χ4n) is 0.773. The van der Waals surface area contributed by atoms with Crippen LogP contribution in [0.25, 0.3) is 0 Å². The van der Waals surface area contributed by atoms with E-state index in [1.54, 1.807) is 14.2 Å². The first-order chi connectivity index (χ1) is 6.61. The van der Waals surface area contributed by atoms with E-state index in [1.807, 2.05) is 0 Å². The molecule has 1 N–H and O–H groups in total. The predicted molar refractivity (Wildman–Crippen MR) is 56.4 cm³/mol. The Morgan fingerprint density at radius 1 is 1.50 bits per heavy atom. The summed E-state index contributed by atoms with van der Waals surface area (Å²) in [6.07, 6.45) is 0. The number of likely N-dealkylation sites (N-methyl/N-ethyl adjacent to an activating group) is 1. The lowest BCUT2D eigenvalue weighted by Crippen LogP contribution is -2.39. The van der Waals surface area contributed by atoms with Gasteiger partial charge >= 0.3 is 0 Å². The van der Waals surface area contributed by atoms with E-state index in [9.17, 15) is 9.59 Å². The molecule has 5 nitrogen and oxygen atoms in total. The van der Waals surface area contributed by atoms with Crippen LogP contribution in [0, 0.1) is 0 Å². The molecule has 14 heavy (non-hydrogen) atoms. The number of nitrogens with zero attached hydrogens (tertiary/aromatic N) is 1. The number of thiol groups is 1. The molecule has 0 atom stereocenters. The number of carbonyl (C=O) groups excluding carboxylic acids is 2. The zero-order valence-corrected chi connectivity index (χ0v) is 9.34. The molecule has 0 aliphatic heterocycles. The summed E-state index contributed by atoms with van der Waals surface area (Å²) in [5.74, 6) is -0.253. The minimum absolute atomic E-state index is 0.0586. The molecule has 0 unspecified atom stereocenters. The van der Waals surface area contributed by atoms with E-state index in [2.05, 4.69) is 17.9 Å². The quantitative estimate of drug-likeness (QED) is 0.452. The molecular weight excluding hydrogens is 204 g/mol. The van der Waals surface area contributed by atoms with Gasteiger partial charge in [0.05, 0.1) is 18.9 Å². The van der Waals surface area contributed by atoms with Gasteiger partial charge in [0.2, 0.25) is 11.8 Å². The molecule has 0 aliphatic rings. The van der Waals surface area contributed by atoms with E-state index >= 15 is 0 Å². The van der Waals surface area contributed by atoms with Gasteiger partial charge in [-0.1, -0.05) is 0 Å². The minimum atomic E-state index is -0.195. The van der Waals surface area contributed by atoms with E-state index < -0.39 is 0 Å². The first-order valence-corrected chi connectivity index (χ1v) is 4.85. The molecule has 0 heterocycles. The second-order valence-electron chi connectivity index (χ2n) is 2.75. The van der Waals surface area contributed by atoms with Gasteiger partial charge in [-0.05, 0) is 0 Å². The van der Waals surface area contributed by atoms with Crippen LogP contribution in [0.2, 0.25) is 0 Å². The van der Waals surface area contributed by atoms with Crippen LogP contribution in [0.15, 0.2) is 0 Å². The predicted octanol–water partition coefficient (Wildman–Crippen LogP) is -0.863. The van der Waals surface area contributed by atoms with Crippen molar-refractivity contribution in [2.45, 2.75) is 0 Å². The Morgan fingerprint density at radius 3 is 2.64 bits per heavy atom. The number of methoxy groups -OCH3 is 1. The van der Waals surface area contributed by atoms with Crippen LogP contribution >= 0.6 is 12.6 Å². The lowest BCUT2D eigenvalue weighted by atomic mass is 10.5. The summed E-state index contributed by atoms with van der Waals surface area (Å²) in [6, 6.07) is 0. The molecule has 0 radical (unpaired) electrons. The Morgan fingerprint density at radius 2 is 2.14 bits per heavy atom. The van der Waals surface area contributed by atoms with Crippen molar-refractivity contribution in [3.8, 4) is 0 Å². The van der Waals surface area contributed by atoms with Crippen molar-refractivity contribution >= 4 is 24.4 Å². The van der Waals surface area contributed by atoms with Crippen LogP contribution in [0.3, 0.4) is 0 Å². The summed E-state index contributed by atoms with van der Waals surface area (Å²) < 4.78 is 4.76. The molecule has 0 aliphatic carbocycles. The van der Waals surface area contributed by atoms with Gasteiger partial charge in [-0.2, -0.15) is 12.6 Å². The second-order valence-corrected chi connectivity index (χ2v) is 3.07. The maximum Gasteiger partial charge on any atom is 0.239 e. The summed E-state index contributed by atoms with van der Waals surface area (Å²) in [5, 5.41) is 2.61. The van der Waals surface area contributed by atoms with Crippen LogP contribution in [-0.2, 0) is 14.3 Å². The molecule has 2 amide bonds. The van der Waals surface area contributed by atoms with Gasteiger partial charge in [0.25, 0.3) is 0 Å². The summed E-state index contributed by atoms with van der Waals surface area (Å²) in [5.41, 5.74) is 0. The number of rotatable bonds is 6. The SMILES string of the molecule is COCCNC(=O)CN(C)C(=O)CS. The Bertz CT molecular complexity index is 199. The number of ether oxygens (including phenoxy) is 1. The van der Waals surface area contributed by atoms with Crippen molar-refractivity contribution in [1.82, 2.24) is 10.2 Å². The molecule has 0 spiro atoms. The third-order valence-electron chi connectivity index (χ3n) is 1.57. The van der Waals surface area contributed by atoms with Gasteiger partial charge in [-0.3, -0.25) is 9.59 Å². The van der Waals surface area contributed by atoms with Crippen LogP contribution in [0.1, 0.15) is 0 Å². The van der Waals surface area contributed by atoms with Gasteiger partial charge in [0, 0.05) is 20.7 Å². The Labute approximate surface area is 89.2 Å². The molecule has 0 saturated carbocycles. The molecule has 0 fully saturated rings. The summed E-state index contributed by atoms with van der Waals surface area (Å²) in [6.45, 7) is 0.983. The smallest absolute Gasteiger partial charge is 0.239 e. The third-order valence-corrected chi connectivity index (χ3v) is 1.84. The summed E-state index contributed by atoms with van der Waals surface area (Å²) in [7, 11) is 3.12. The first-order valence-electron chi connectivity index (χ1n) is 4.22. The van der Waals surface area contributed by atoms with Crippen LogP contribution in [-0.4, -0.2) is 56.3 Å². The zero-order valence-electron chi connectivity index (χ0n) is 8.45. The third kappa shape index (κ3) is 5.82. The van der Waals surface area contributed by atoms with Crippen molar-refractivity contribution in [2.75, 3.05) is 39.6 Å². The van der Waals surface area contributed by atoms with E-state index in [0.717, 1.165) is 0 Å². The molecular formula is C8H16N2O3S. The highest BCUT2D eigenvalue weighted by molar-refractivity contribution is 7.81. The van der Waals surface area contributed by atoms with Gasteiger partial charge in [0.1, 0.15) is 0 Å². The molecule has 0 aromatic carbocycles. The number of nitrogens with one attached hydrogen (secondary N) is 1. The number of hydrogen-bond acceptors (Lipinski definition) is 4. The molecule has 0 aromatic rings. The van der Waals surface area contributed by atoms with E-state index in [-0.39, 0.29) is 24.1 Å². The number of hydrogen-bond donors (Lipinski definition) is 2. The van der Waals surface area contributed by atoms with Gasteiger partial charge < -0.3 is 15.0 Å². The maximum absolute atomic E-state index is 11.2. The fourth-order valence-corrected chi connectivity index (χ4v) is 1.01. The van der Waals surface area contributed by atoms with E-state index in [4.69, 9.17) is 4.74 Å². The molecule has 0 saturated heterocycles. The zero-order chi connectivity index (χ0) is 11.0. The van der Waals surface area contributed by atoms with E-state index in [0.29, 0.717) is 13.2 Å². The standard InChI is InChI=1S/C8H16N2O3S/c1-10(8(12)6-14)5-7(11)9-3-4-13-2/h14H,3-6H2,1-2H3,(H,9,11). The maximum atomic E-state index is 11.2. The van der Waals surface area contributed by atoms with Crippen molar-refractivity contribution in [3.63, 3.8) is 0 Å². The van der Waals surface area contributed by atoms with Crippen molar-refractivity contribution < 1.29 is 14.3 Å². The first kappa shape index (κ1) is 13.2. The lowest BCUT2D eigenvalue weighted by molar-refractivity contribution is -0.132. The monoisotopic (exact) mass is 220 g/mol. The van der Waals surface area contributed by atoms with Gasteiger partial charge in [-0.25, -0.2) is 0 Å². The van der Waals surface area contributed by atoms with Gasteiger partial charge in [-0.15, -0.1) is 0 Å². The Balaban J connectivity index is 3.65. The lowest BCUT2D eigenvalue weighted by Gasteiger charge is -2.15.